The molecule has 0 aliphatic rings. The van der Waals surface area contributed by atoms with Gasteiger partial charge in [0.25, 0.3) is 0 Å². The van der Waals surface area contributed by atoms with Crippen molar-refractivity contribution in [2.75, 3.05) is 19.1 Å². The van der Waals surface area contributed by atoms with Crippen molar-refractivity contribution in [3.05, 3.63) is 0 Å². The summed E-state index contributed by atoms with van der Waals surface area (Å²) in [6.45, 7) is 8.76. The van der Waals surface area contributed by atoms with Crippen LogP contribution < -0.4 is 5.32 Å². The molecule has 0 rings (SSSR count). The van der Waals surface area contributed by atoms with E-state index in [4.69, 9.17) is 0 Å². The summed E-state index contributed by atoms with van der Waals surface area (Å²) in [7, 11) is 1.75. The third-order valence-corrected chi connectivity index (χ3v) is 4.93. The van der Waals surface area contributed by atoms with Crippen molar-refractivity contribution in [3.8, 4) is 0 Å². The monoisotopic (exact) mass is 304 g/mol. The Morgan fingerprint density at radius 3 is 2.15 bits per heavy atom. The number of nitrogens with zero attached hydrogens (tertiary/aromatic N) is 1. The van der Waals surface area contributed by atoms with E-state index in [0.717, 1.165) is 12.2 Å². The van der Waals surface area contributed by atoms with Gasteiger partial charge >= 0.3 is 12.0 Å². The molecule has 0 aromatic heterocycles. The lowest BCUT2D eigenvalue weighted by molar-refractivity contribution is -0.150. The molecule has 0 radical (unpaired) electrons. The molecule has 2 N–H and O–H groups in total. The Morgan fingerprint density at radius 1 is 1.30 bits per heavy atom. The molecule has 20 heavy (non-hydrogen) atoms. The summed E-state index contributed by atoms with van der Waals surface area (Å²) in [5.41, 5.74) is -1.90. The van der Waals surface area contributed by atoms with Crippen LogP contribution >= 0.6 is 11.8 Å². The van der Waals surface area contributed by atoms with Crippen molar-refractivity contribution in [1.29, 1.82) is 0 Å². The second-order valence-electron chi connectivity index (χ2n) is 6.11. The molecule has 0 aromatic rings. The number of urea groups is 1. The molecule has 0 saturated carbocycles. The summed E-state index contributed by atoms with van der Waals surface area (Å²) in [4.78, 5) is 25.3. The molecular weight excluding hydrogens is 276 g/mol. The van der Waals surface area contributed by atoms with Crippen molar-refractivity contribution in [1.82, 2.24) is 10.2 Å². The molecule has 5 nitrogen and oxygen atoms in total. The highest BCUT2D eigenvalue weighted by Gasteiger charge is 2.45. The fourth-order valence-electron chi connectivity index (χ4n) is 1.64. The summed E-state index contributed by atoms with van der Waals surface area (Å²) in [5, 5.41) is 12.1. The standard InChI is InChI=1S/C14H28N2O3S/c1-8-10(9-20-7)16(6)12(19)15-14(4,5)13(2,3)11(17)18/h10H,8-9H2,1-7H3,(H,15,19)(H,17,18). The fourth-order valence-corrected chi connectivity index (χ4v) is 2.48. The first-order valence-electron chi connectivity index (χ1n) is 6.78. The Balaban J connectivity index is 4.94. The van der Waals surface area contributed by atoms with Gasteiger partial charge in [-0.25, -0.2) is 4.79 Å². The third kappa shape index (κ3) is 4.30. The van der Waals surface area contributed by atoms with E-state index in [1.54, 1.807) is 51.4 Å². The zero-order chi connectivity index (χ0) is 16.1. The van der Waals surface area contributed by atoms with Crippen molar-refractivity contribution >= 4 is 23.8 Å². The third-order valence-electron chi connectivity index (χ3n) is 4.21. The Bertz CT molecular complexity index is 356. The van der Waals surface area contributed by atoms with E-state index >= 15 is 0 Å². The van der Waals surface area contributed by atoms with Crippen LogP contribution in [0.3, 0.4) is 0 Å². The summed E-state index contributed by atoms with van der Waals surface area (Å²) >= 11 is 1.69. The molecule has 2 amide bonds. The second kappa shape index (κ2) is 7.20. The smallest absolute Gasteiger partial charge is 0.317 e. The fraction of sp³-hybridized carbons (Fsp3) is 0.857. The van der Waals surface area contributed by atoms with Gasteiger partial charge in [0.15, 0.2) is 0 Å². The minimum absolute atomic E-state index is 0.147. The highest BCUT2D eigenvalue weighted by Crippen LogP contribution is 2.31. The van der Waals surface area contributed by atoms with Crippen LogP contribution in [-0.4, -0.2) is 52.6 Å². The van der Waals surface area contributed by atoms with Crippen LogP contribution in [0, 0.1) is 5.41 Å². The Hall–Kier alpha value is -0.910. The van der Waals surface area contributed by atoms with Gasteiger partial charge in [0.05, 0.1) is 11.0 Å². The highest BCUT2D eigenvalue weighted by atomic mass is 32.2. The first kappa shape index (κ1) is 19.1. The average Bonchev–Trinajstić information content (AvgIpc) is 2.33. The van der Waals surface area contributed by atoms with Crippen molar-refractivity contribution in [2.24, 2.45) is 5.41 Å². The topological polar surface area (TPSA) is 69.6 Å². The number of carboxylic acids is 1. The molecular formula is C14H28N2O3S. The number of amides is 2. The maximum absolute atomic E-state index is 12.3. The maximum atomic E-state index is 12.3. The molecule has 0 aromatic carbocycles. The lowest BCUT2D eigenvalue weighted by Gasteiger charge is -2.40. The average molecular weight is 304 g/mol. The number of carbonyl (C=O) groups excluding carboxylic acids is 1. The largest absolute Gasteiger partial charge is 0.481 e. The number of rotatable bonds is 7. The molecule has 0 heterocycles. The Morgan fingerprint density at radius 2 is 1.80 bits per heavy atom. The van der Waals surface area contributed by atoms with Gasteiger partial charge in [-0.3, -0.25) is 4.79 Å². The molecule has 0 fully saturated rings. The zero-order valence-corrected chi connectivity index (χ0v) is 14.4. The lowest BCUT2D eigenvalue weighted by Crippen LogP contribution is -2.60. The van der Waals surface area contributed by atoms with Crippen LogP contribution in [0.5, 0.6) is 0 Å². The molecule has 0 aliphatic heterocycles. The first-order chi connectivity index (χ1) is 9.01. The van der Waals surface area contributed by atoms with Gasteiger partial charge in [0, 0.05) is 18.8 Å². The van der Waals surface area contributed by atoms with Crippen LogP contribution in [0.4, 0.5) is 4.79 Å². The van der Waals surface area contributed by atoms with E-state index in [1.165, 1.54) is 0 Å². The van der Waals surface area contributed by atoms with Crippen molar-refractivity contribution in [2.45, 2.75) is 52.6 Å². The molecule has 0 bridgehead atoms. The van der Waals surface area contributed by atoms with E-state index in [0.29, 0.717) is 0 Å². The van der Waals surface area contributed by atoms with Gasteiger partial charge < -0.3 is 15.3 Å². The Kier molecular flexibility index (Phi) is 6.87. The summed E-state index contributed by atoms with van der Waals surface area (Å²) < 4.78 is 0. The highest BCUT2D eigenvalue weighted by molar-refractivity contribution is 7.98. The van der Waals surface area contributed by atoms with E-state index in [1.807, 2.05) is 13.2 Å². The maximum Gasteiger partial charge on any atom is 0.317 e. The van der Waals surface area contributed by atoms with Crippen LogP contribution in [0.15, 0.2) is 0 Å². The molecule has 118 valence electrons. The van der Waals surface area contributed by atoms with Crippen molar-refractivity contribution in [3.63, 3.8) is 0 Å². The predicted molar refractivity (Wildman–Crippen MR) is 84.3 cm³/mol. The minimum Gasteiger partial charge on any atom is -0.481 e. The molecule has 0 aliphatic carbocycles. The lowest BCUT2D eigenvalue weighted by atomic mass is 9.74. The van der Waals surface area contributed by atoms with E-state index in [2.05, 4.69) is 5.32 Å². The predicted octanol–water partition coefficient (Wildman–Crippen LogP) is 2.66. The van der Waals surface area contributed by atoms with Gasteiger partial charge in [-0.05, 0) is 40.4 Å². The van der Waals surface area contributed by atoms with Gasteiger partial charge in [-0.1, -0.05) is 6.92 Å². The first-order valence-corrected chi connectivity index (χ1v) is 8.18. The van der Waals surface area contributed by atoms with Gasteiger partial charge in [0.2, 0.25) is 0 Å². The second-order valence-corrected chi connectivity index (χ2v) is 7.02. The van der Waals surface area contributed by atoms with E-state index in [-0.39, 0.29) is 12.1 Å². The Labute approximate surface area is 126 Å². The van der Waals surface area contributed by atoms with E-state index in [9.17, 15) is 14.7 Å². The summed E-state index contributed by atoms with van der Waals surface area (Å²) in [5.74, 6) is -0.0648. The quantitative estimate of drug-likeness (QED) is 0.758. The van der Waals surface area contributed by atoms with Crippen LogP contribution in [-0.2, 0) is 4.79 Å². The number of nitrogens with one attached hydrogen (secondary N) is 1. The number of hydrogen-bond donors (Lipinski definition) is 2. The molecule has 1 atom stereocenters. The van der Waals surface area contributed by atoms with Crippen LogP contribution in [0.2, 0.25) is 0 Å². The minimum atomic E-state index is -1.05. The molecule has 6 heteroatoms. The van der Waals surface area contributed by atoms with Crippen LogP contribution in [0.1, 0.15) is 41.0 Å². The summed E-state index contributed by atoms with van der Waals surface area (Å²) in [6, 6.07) is -0.0843. The SMILES string of the molecule is CCC(CSC)N(C)C(=O)NC(C)(C)C(C)(C)C(=O)O. The van der Waals surface area contributed by atoms with Gasteiger partial charge in [-0.15, -0.1) is 0 Å². The van der Waals surface area contributed by atoms with Gasteiger partial charge in [0.1, 0.15) is 0 Å². The molecule has 1 unspecified atom stereocenters. The van der Waals surface area contributed by atoms with Crippen LogP contribution in [0.25, 0.3) is 0 Å². The number of aliphatic carboxylic acids is 1. The number of carboxylic acid groups (broad SMARTS) is 1. The molecule has 0 saturated heterocycles. The molecule has 0 spiro atoms. The van der Waals surface area contributed by atoms with Gasteiger partial charge in [-0.2, -0.15) is 11.8 Å². The number of thioether (sulfide) groups is 1. The number of hydrogen-bond acceptors (Lipinski definition) is 3. The van der Waals surface area contributed by atoms with E-state index < -0.39 is 16.9 Å². The van der Waals surface area contributed by atoms with Crippen molar-refractivity contribution < 1.29 is 14.7 Å². The normalized spacial score (nSPS) is 13.8. The number of carbonyl (C=O) groups is 2. The zero-order valence-electron chi connectivity index (χ0n) is 13.6. The summed E-state index contributed by atoms with van der Waals surface area (Å²) in [6.07, 6.45) is 2.87.